The van der Waals surface area contributed by atoms with Crippen LogP contribution in [0, 0.1) is 0 Å². The van der Waals surface area contributed by atoms with E-state index in [1.54, 1.807) is 6.92 Å². The first-order chi connectivity index (χ1) is 15.6. The van der Waals surface area contributed by atoms with Crippen molar-refractivity contribution in [3.8, 4) is 5.88 Å². The number of nitrogens with zero attached hydrogens (tertiary/aromatic N) is 4. The van der Waals surface area contributed by atoms with Gasteiger partial charge in [0.15, 0.2) is 17.4 Å². The molecule has 0 amide bonds. The summed E-state index contributed by atoms with van der Waals surface area (Å²) in [5.41, 5.74) is 4.57. The molecule has 0 aliphatic carbocycles. The zero-order chi connectivity index (χ0) is 24.0. The van der Waals surface area contributed by atoms with Crippen LogP contribution >= 0.6 is 7.82 Å². The van der Waals surface area contributed by atoms with E-state index >= 15 is 0 Å². The molecule has 2 saturated heterocycles. The lowest BCUT2D eigenvalue weighted by Crippen LogP contribution is -2.47. The van der Waals surface area contributed by atoms with Crippen LogP contribution in [-0.4, -0.2) is 75.2 Å². The van der Waals surface area contributed by atoms with Gasteiger partial charge in [-0.05, 0) is 20.8 Å². The molecule has 6 atom stereocenters. The van der Waals surface area contributed by atoms with Crippen LogP contribution in [-0.2, 0) is 32.3 Å². The average molecular weight is 489 g/mol. The Balaban J connectivity index is 1.56. The number of phosphoric ester groups is 1. The van der Waals surface area contributed by atoms with E-state index in [1.165, 1.54) is 31.9 Å². The number of aliphatic hydroxyl groups is 1. The predicted molar refractivity (Wildman–Crippen MR) is 108 cm³/mol. The Bertz CT molecular complexity index is 1090. The molecule has 2 aliphatic rings. The van der Waals surface area contributed by atoms with Gasteiger partial charge in [-0.25, -0.2) is 18.9 Å². The Morgan fingerprint density at radius 1 is 1.48 bits per heavy atom. The number of phosphoric acid groups is 1. The van der Waals surface area contributed by atoms with Gasteiger partial charge in [-0.15, -0.1) is 0 Å². The highest BCUT2D eigenvalue weighted by atomic mass is 31.2. The summed E-state index contributed by atoms with van der Waals surface area (Å²) in [6, 6.07) is 0. The number of nitrogen functional groups attached to an aromatic ring is 1. The number of nitrogens with two attached hydrogens (primary N) is 1. The molecule has 2 aromatic rings. The molecule has 2 unspecified atom stereocenters. The molecule has 16 heteroatoms. The lowest BCUT2D eigenvalue weighted by molar-refractivity contribution is -0.113. The maximum atomic E-state index is 13.0. The molecule has 0 spiro atoms. The lowest BCUT2D eigenvalue weighted by Gasteiger charge is -2.35. The number of hydrogen-bond donors (Lipinski definition) is 2. The second-order valence-electron chi connectivity index (χ2n) is 7.41. The van der Waals surface area contributed by atoms with Gasteiger partial charge < -0.3 is 29.8 Å². The smallest absolute Gasteiger partial charge is 0.479 e. The number of hydrogen-bond acceptors (Lipinski definition) is 14. The third-order valence-corrected chi connectivity index (χ3v) is 6.52. The summed E-state index contributed by atoms with van der Waals surface area (Å²) >= 11 is 0. The maximum Gasteiger partial charge on any atom is 0.510 e. The highest BCUT2D eigenvalue weighted by Crippen LogP contribution is 2.59. The molecule has 4 rings (SSSR count). The Morgan fingerprint density at radius 3 is 2.94 bits per heavy atom. The average Bonchev–Trinajstić information content (AvgIpc) is 3.25. The zero-order valence-electron chi connectivity index (χ0n) is 18.2. The fourth-order valence-corrected chi connectivity index (χ4v) is 5.18. The van der Waals surface area contributed by atoms with Gasteiger partial charge in [0, 0.05) is 0 Å². The van der Waals surface area contributed by atoms with Gasteiger partial charge in [-0.3, -0.25) is 13.6 Å². The second-order valence-corrected chi connectivity index (χ2v) is 8.99. The minimum Gasteiger partial charge on any atom is -0.479 e. The van der Waals surface area contributed by atoms with Crippen LogP contribution in [0.25, 0.3) is 11.2 Å². The van der Waals surface area contributed by atoms with Gasteiger partial charge in [-0.1, -0.05) is 0 Å². The standard InChI is InChI=1S/C17H24N5O10P/c1-5-27-16(23)29-8(2)31-33(25)28-6-9-11(32-33)17(3,24)14(30-9)22-7-19-10-12(22)20-15(18)21-13(10)26-4/h7-9,11,14,24H,5-6H2,1-4H3,(H2,18,20,21)/t8?,9-,11-,14-,17-,33?/m1/s1. The summed E-state index contributed by atoms with van der Waals surface area (Å²) in [4.78, 5) is 23.8. The fourth-order valence-electron chi connectivity index (χ4n) is 3.64. The third kappa shape index (κ3) is 4.35. The lowest BCUT2D eigenvalue weighted by atomic mass is 9.96. The van der Waals surface area contributed by atoms with Crippen LogP contribution in [0.2, 0.25) is 0 Å². The number of anilines is 1. The molecule has 2 aliphatic heterocycles. The summed E-state index contributed by atoms with van der Waals surface area (Å²) in [6.45, 7) is 4.21. The van der Waals surface area contributed by atoms with E-state index in [1.807, 2.05) is 0 Å². The van der Waals surface area contributed by atoms with Crippen molar-refractivity contribution < 1.29 is 47.0 Å². The minimum absolute atomic E-state index is 0.0655. The molecular formula is C17H24N5O10P. The van der Waals surface area contributed by atoms with Crippen LogP contribution in [0.15, 0.2) is 6.33 Å². The molecule has 2 aromatic heterocycles. The minimum atomic E-state index is -4.23. The fraction of sp³-hybridized carbons (Fsp3) is 0.647. The summed E-state index contributed by atoms with van der Waals surface area (Å²) in [7, 11) is -2.82. The van der Waals surface area contributed by atoms with Crippen molar-refractivity contribution in [2.45, 2.75) is 51.1 Å². The molecule has 4 heterocycles. The number of ether oxygens (including phenoxy) is 4. The Hall–Kier alpha value is -2.55. The summed E-state index contributed by atoms with van der Waals surface area (Å²) < 4.78 is 51.0. The van der Waals surface area contributed by atoms with Crippen molar-refractivity contribution in [2.24, 2.45) is 0 Å². The highest BCUT2D eigenvalue weighted by Gasteiger charge is 2.60. The number of fused-ring (bicyclic) bond motifs is 2. The van der Waals surface area contributed by atoms with Gasteiger partial charge in [0.25, 0.3) is 0 Å². The normalized spacial score (nSPS) is 32.3. The number of imidazole rings is 1. The quantitative estimate of drug-likeness (QED) is 0.333. The molecule has 0 saturated carbocycles. The summed E-state index contributed by atoms with van der Waals surface area (Å²) in [5.74, 6) is 0.0867. The van der Waals surface area contributed by atoms with Crippen LogP contribution in [0.3, 0.4) is 0 Å². The van der Waals surface area contributed by atoms with E-state index in [-0.39, 0.29) is 30.7 Å². The van der Waals surface area contributed by atoms with Crippen molar-refractivity contribution in [1.29, 1.82) is 0 Å². The number of methoxy groups -OCH3 is 1. The van der Waals surface area contributed by atoms with E-state index in [2.05, 4.69) is 19.7 Å². The van der Waals surface area contributed by atoms with Gasteiger partial charge in [0.1, 0.15) is 17.8 Å². The van der Waals surface area contributed by atoms with E-state index in [4.69, 9.17) is 33.5 Å². The second kappa shape index (κ2) is 8.66. The van der Waals surface area contributed by atoms with Crippen molar-refractivity contribution in [2.75, 3.05) is 26.1 Å². The van der Waals surface area contributed by atoms with Gasteiger partial charge >= 0.3 is 14.0 Å². The molecule has 3 N–H and O–H groups in total. The molecule has 182 valence electrons. The highest BCUT2D eigenvalue weighted by molar-refractivity contribution is 7.48. The Morgan fingerprint density at radius 2 is 2.24 bits per heavy atom. The third-order valence-electron chi connectivity index (χ3n) is 5.01. The SMILES string of the molecule is CCOC(=O)OC(C)OP1(=O)OC[C@H]2O[C@@H](n3cnc4c(OC)nc(N)nc43)[C@](C)(O)[C@@H]2O1. The van der Waals surface area contributed by atoms with Crippen molar-refractivity contribution in [3.05, 3.63) is 6.33 Å². The number of rotatable bonds is 6. The largest absolute Gasteiger partial charge is 0.510 e. The number of carbonyl (C=O) groups excluding carboxylic acids is 1. The summed E-state index contributed by atoms with van der Waals surface area (Å²) in [6.07, 6.45) is -3.94. The van der Waals surface area contributed by atoms with Crippen molar-refractivity contribution in [3.63, 3.8) is 0 Å². The molecule has 33 heavy (non-hydrogen) atoms. The molecule has 2 fully saturated rings. The monoisotopic (exact) mass is 489 g/mol. The topological polar surface area (TPSA) is 189 Å². The molecule has 0 bridgehead atoms. The first-order valence-electron chi connectivity index (χ1n) is 9.94. The molecule has 0 aromatic carbocycles. The van der Waals surface area contributed by atoms with E-state index < -0.39 is 44.3 Å². The van der Waals surface area contributed by atoms with E-state index in [0.29, 0.717) is 5.52 Å². The molecule has 15 nitrogen and oxygen atoms in total. The van der Waals surface area contributed by atoms with Crippen molar-refractivity contribution in [1.82, 2.24) is 19.5 Å². The molecular weight excluding hydrogens is 465 g/mol. The van der Waals surface area contributed by atoms with Gasteiger partial charge in [0.05, 0.1) is 26.7 Å². The Kier molecular flexibility index (Phi) is 6.20. The van der Waals surface area contributed by atoms with Crippen LogP contribution in [0.1, 0.15) is 27.0 Å². The zero-order valence-corrected chi connectivity index (χ0v) is 19.1. The van der Waals surface area contributed by atoms with Crippen LogP contribution in [0.4, 0.5) is 10.7 Å². The first kappa shape index (κ1) is 23.6. The number of carbonyl (C=O) groups is 1. The van der Waals surface area contributed by atoms with E-state index in [9.17, 15) is 14.5 Å². The van der Waals surface area contributed by atoms with Gasteiger partial charge in [-0.2, -0.15) is 9.97 Å². The predicted octanol–water partition coefficient (Wildman–Crippen LogP) is 1.12. The van der Waals surface area contributed by atoms with Crippen LogP contribution < -0.4 is 10.5 Å². The first-order valence-corrected chi connectivity index (χ1v) is 11.4. The molecule has 0 radical (unpaired) electrons. The maximum absolute atomic E-state index is 13.0. The van der Waals surface area contributed by atoms with Gasteiger partial charge in [0.2, 0.25) is 18.1 Å². The Labute approximate surface area is 187 Å². The summed E-state index contributed by atoms with van der Waals surface area (Å²) in [5, 5.41) is 11.3. The van der Waals surface area contributed by atoms with Crippen LogP contribution in [0.5, 0.6) is 5.88 Å². The number of aromatic nitrogens is 4. The van der Waals surface area contributed by atoms with Crippen molar-refractivity contribution >= 4 is 31.1 Å². The van der Waals surface area contributed by atoms with E-state index in [0.717, 1.165) is 0 Å².